The number of benzene rings is 1. The Morgan fingerprint density at radius 1 is 1.07 bits per heavy atom. The number of aromatic carboxylic acids is 1. The standard InChI is InChI=1S/C7H6O2.C6H14/c8-7(9)6-4-2-1-3-5-6;1-3-5-6-4-2/h1-5H,(H,8,9);3-6H2,1-2H3. The fourth-order valence-electron chi connectivity index (χ4n) is 1.08. The molecule has 0 unspecified atom stereocenters. The normalized spacial score (nSPS) is 8.93. The summed E-state index contributed by atoms with van der Waals surface area (Å²) in [6.45, 7) is 4.46. The smallest absolute Gasteiger partial charge is 0.335 e. The van der Waals surface area contributed by atoms with Gasteiger partial charge < -0.3 is 5.11 Å². The fraction of sp³-hybridized carbons (Fsp3) is 0.462. The zero-order valence-electron chi connectivity index (χ0n) is 9.57. The van der Waals surface area contributed by atoms with Crippen molar-refractivity contribution in [2.45, 2.75) is 39.5 Å². The van der Waals surface area contributed by atoms with E-state index in [1.807, 2.05) is 0 Å². The van der Waals surface area contributed by atoms with Gasteiger partial charge in [0, 0.05) is 0 Å². The Morgan fingerprint density at radius 2 is 1.53 bits per heavy atom. The van der Waals surface area contributed by atoms with E-state index in [4.69, 9.17) is 5.11 Å². The minimum Gasteiger partial charge on any atom is -0.478 e. The lowest BCUT2D eigenvalue weighted by atomic mass is 10.2. The molecule has 1 aromatic carbocycles. The number of carbonyl (C=O) groups is 1. The molecule has 0 atom stereocenters. The highest BCUT2D eigenvalue weighted by Crippen LogP contribution is 1.96. The summed E-state index contributed by atoms with van der Waals surface area (Å²) in [5.74, 6) is -0.879. The van der Waals surface area contributed by atoms with Crippen LogP contribution in [0.4, 0.5) is 0 Å². The van der Waals surface area contributed by atoms with Gasteiger partial charge in [-0.2, -0.15) is 0 Å². The van der Waals surface area contributed by atoms with Crippen molar-refractivity contribution in [1.82, 2.24) is 0 Å². The number of rotatable bonds is 4. The fourth-order valence-corrected chi connectivity index (χ4v) is 1.08. The third-order valence-corrected chi connectivity index (χ3v) is 1.98. The summed E-state index contributed by atoms with van der Waals surface area (Å²) < 4.78 is 0. The first kappa shape index (κ1) is 13.7. The Bertz CT molecular complexity index is 250. The average Bonchev–Trinajstić information content (AvgIpc) is 2.28. The van der Waals surface area contributed by atoms with Gasteiger partial charge in [-0.05, 0) is 12.1 Å². The van der Waals surface area contributed by atoms with Crippen LogP contribution >= 0.6 is 0 Å². The number of hydrogen-bond donors (Lipinski definition) is 1. The zero-order valence-corrected chi connectivity index (χ0v) is 9.57. The van der Waals surface area contributed by atoms with E-state index < -0.39 is 5.97 Å². The average molecular weight is 208 g/mol. The second kappa shape index (κ2) is 9.25. The molecule has 0 heterocycles. The maximum atomic E-state index is 10.2. The molecule has 0 radical (unpaired) electrons. The van der Waals surface area contributed by atoms with Gasteiger partial charge in [0.25, 0.3) is 0 Å². The van der Waals surface area contributed by atoms with Gasteiger partial charge in [0.2, 0.25) is 0 Å². The first-order chi connectivity index (χ1) is 7.22. The first-order valence-corrected chi connectivity index (χ1v) is 5.50. The van der Waals surface area contributed by atoms with Gasteiger partial charge in [0.05, 0.1) is 5.56 Å². The van der Waals surface area contributed by atoms with Crippen molar-refractivity contribution in [1.29, 1.82) is 0 Å². The van der Waals surface area contributed by atoms with Gasteiger partial charge in [-0.25, -0.2) is 4.79 Å². The second-order valence-corrected chi connectivity index (χ2v) is 3.38. The van der Waals surface area contributed by atoms with Gasteiger partial charge in [0.1, 0.15) is 0 Å². The maximum absolute atomic E-state index is 10.2. The van der Waals surface area contributed by atoms with Crippen molar-refractivity contribution in [2.75, 3.05) is 0 Å². The second-order valence-electron chi connectivity index (χ2n) is 3.38. The summed E-state index contributed by atoms with van der Waals surface area (Å²) in [4.78, 5) is 10.2. The summed E-state index contributed by atoms with van der Waals surface area (Å²) in [5, 5.41) is 8.38. The maximum Gasteiger partial charge on any atom is 0.335 e. The van der Waals surface area contributed by atoms with E-state index in [1.165, 1.54) is 25.7 Å². The predicted molar refractivity (Wildman–Crippen MR) is 63.2 cm³/mol. The number of unbranched alkanes of at least 4 members (excludes halogenated alkanes) is 3. The molecule has 1 N–H and O–H groups in total. The van der Waals surface area contributed by atoms with Gasteiger partial charge in [0.15, 0.2) is 0 Å². The Labute approximate surface area is 91.9 Å². The summed E-state index contributed by atoms with van der Waals surface area (Å²) in [6.07, 6.45) is 5.54. The summed E-state index contributed by atoms with van der Waals surface area (Å²) in [7, 11) is 0. The summed E-state index contributed by atoms with van der Waals surface area (Å²) in [5.41, 5.74) is 0.331. The summed E-state index contributed by atoms with van der Waals surface area (Å²) >= 11 is 0. The van der Waals surface area contributed by atoms with E-state index in [0.717, 1.165) is 0 Å². The van der Waals surface area contributed by atoms with Crippen LogP contribution in [0, 0.1) is 0 Å². The van der Waals surface area contributed by atoms with E-state index in [-0.39, 0.29) is 0 Å². The molecule has 0 saturated heterocycles. The van der Waals surface area contributed by atoms with Crippen LogP contribution in [0.2, 0.25) is 0 Å². The predicted octanol–water partition coefficient (Wildman–Crippen LogP) is 3.97. The number of hydrogen-bond acceptors (Lipinski definition) is 1. The Kier molecular flexibility index (Phi) is 8.44. The molecule has 0 aliphatic rings. The molecule has 84 valence electrons. The van der Waals surface area contributed by atoms with Gasteiger partial charge in [-0.3, -0.25) is 0 Å². The Morgan fingerprint density at radius 3 is 1.80 bits per heavy atom. The van der Waals surface area contributed by atoms with Crippen LogP contribution in [0.25, 0.3) is 0 Å². The zero-order chi connectivity index (χ0) is 11.5. The number of carboxylic acid groups (broad SMARTS) is 1. The van der Waals surface area contributed by atoms with Crippen LogP contribution in [0.15, 0.2) is 30.3 Å². The minimum atomic E-state index is -0.879. The van der Waals surface area contributed by atoms with Crippen LogP contribution < -0.4 is 0 Å². The highest BCUT2D eigenvalue weighted by Gasteiger charge is 1.96. The molecule has 0 spiro atoms. The topological polar surface area (TPSA) is 37.3 Å². The molecule has 0 saturated carbocycles. The van der Waals surface area contributed by atoms with Crippen LogP contribution in [0.5, 0.6) is 0 Å². The molecular formula is C13H20O2. The lowest BCUT2D eigenvalue weighted by Gasteiger charge is -1.88. The molecule has 1 rings (SSSR count). The molecule has 0 aliphatic heterocycles. The van der Waals surface area contributed by atoms with E-state index in [0.29, 0.717) is 5.56 Å². The monoisotopic (exact) mass is 208 g/mol. The van der Waals surface area contributed by atoms with Crippen molar-refractivity contribution in [3.05, 3.63) is 35.9 Å². The molecule has 15 heavy (non-hydrogen) atoms. The minimum absolute atomic E-state index is 0.331. The van der Waals surface area contributed by atoms with Crippen LogP contribution in [0.3, 0.4) is 0 Å². The molecule has 1 aromatic rings. The molecule has 2 heteroatoms. The lowest BCUT2D eigenvalue weighted by Crippen LogP contribution is -1.93. The van der Waals surface area contributed by atoms with Crippen molar-refractivity contribution in [3.8, 4) is 0 Å². The van der Waals surface area contributed by atoms with Crippen molar-refractivity contribution in [2.24, 2.45) is 0 Å². The highest BCUT2D eigenvalue weighted by molar-refractivity contribution is 5.87. The third-order valence-electron chi connectivity index (χ3n) is 1.98. The lowest BCUT2D eigenvalue weighted by molar-refractivity contribution is 0.0697. The van der Waals surface area contributed by atoms with Gasteiger partial charge in [-0.15, -0.1) is 0 Å². The van der Waals surface area contributed by atoms with E-state index in [9.17, 15) is 4.79 Å². The Balaban J connectivity index is 0.000000288. The van der Waals surface area contributed by atoms with Crippen molar-refractivity contribution in [3.63, 3.8) is 0 Å². The first-order valence-electron chi connectivity index (χ1n) is 5.50. The van der Waals surface area contributed by atoms with Crippen LogP contribution in [-0.2, 0) is 0 Å². The molecule has 0 amide bonds. The molecular weight excluding hydrogens is 188 g/mol. The largest absolute Gasteiger partial charge is 0.478 e. The highest BCUT2D eigenvalue weighted by atomic mass is 16.4. The van der Waals surface area contributed by atoms with Gasteiger partial charge >= 0.3 is 5.97 Å². The van der Waals surface area contributed by atoms with Gasteiger partial charge in [-0.1, -0.05) is 57.7 Å². The summed E-state index contributed by atoms with van der Waals surface area (Å²) in [6, 6.07) is 8.30. The van der Waals surface area contributed by atoms with E-state index in [2.05, 4.69) is 13.8 Å². The molecule has 0 bridgehead atoms. The van der Waals surface area contributed by atoms with Crippen molar-refractivity contribution >= 4 is 5.97 Å². The van der Waals surface area contributed by atoms with Crippen molar-refractivity contribution < 1.29 is 9.90 Å². The van der Waals surface area contributed by atoms with Crippen LogP contribution in [-0.4, -0.2) is 11.1 Å². The quantitative estimate of drug-likeness (QED) is 0.760. The SMILES string of the molecule is CCCCCC.O=C(O)c1ccccc1. The third kappa shape index (κ3) is 7.74. The van der Waals surface area contributed by atoms with E-state index in [1.54, 1.807) is 30.3 Å². The van der Waals surface area contributed by atoms with E-state index >= 15 is 0 Å². The number of carboxylic acids is 1. The molecule has 0 aliphatic carbocycles. The molecule has 0 fully saturated rings. The van der Waals surface area contributed by atoms with Crippen LogP contribution in [0.1, 0.15) is 49.9 Å². The molecule has 2 nitrogen and oxygen atoms in total. The molecule has 0 aromatic heterocycles. The Hall–Kier alpha value is -1.31.